The Hall–Kier alpha value is -2.67. The lowest BCUT2D eigenvalue weighted by atomic mass is 10.1. The van der Waals surface area contributed by atoms with Gasteiger partial charge in [0.1, 0.15) is 0 Å². The van der Waals surface area contributed by atoms with E-state index >= 15 is 0 Å². The topological polar surface area (TPSA) is 72.7 Å². The number of pyridine rings is 1. The van der Waals surface area contributed by atoms with Crippen LogP contribution in [-0.2, 0) is 18.3 Å². The minimum absolute atomic E-state index is 0.0623. The minimum atomic E-state index is -0.297. The van der Waals surface area contributed by atoms with Crippen molar-refractivity contribution in [3.63, 3.8) is 0 Å². The lowest BCUT2D eigenvalue weighted by molar-refractivity contribution is -0.115. The molecule has 26 heavy (non-hydrogen) atoms. The second-order valence-electron chi connectivity index (χ2n) is 5.90. The fraction of sp³-hybridized carbons (Fsp3) is 0.263. The number of rotatable bonds is 6. The maximum absolute atomic E-state index is 12.5. The second-order valence-corrected chi connectivity index (χ2v) is 7.21. The van der Waals surface area contributed by atoms with Crippen LogP contribution in [-0.4, -0.2) is 30.9 Å². The summed E-state index contributed by atoms with van der Waals surface area (Å²) in [7, 11) is 1.90. The maximum atomic E-state index is 12.5. The molecular weight excluding hydrogens is 346 g/mol. The molecule has 0 radical (unpaired) electrons. The Balaban J connectivity index is 1.66. The van der Waals surface area contributed by atoms with E-state index in [1.165, 1.54) is 17.3 Å². The van der Waals surface area contributed by atoms with Crippen LogP contribution in [0, 0.1) is 0 Å². The number of hydrogen-bond donors (Lipinski definition) is 1. The third kappa shape index (κ3) is 4.11. The van der Waals surface area contributed by atoms with Gasteiger partial charge in [-0.25, -0.2) is 0 Å². The van der Waals surface area contributed by atoms with E-state index in [1.54, 1.807) is 12.4 Å². The molecule has 134 valence electrons. The van der Waals surface area contributed by atoms with Crippen LogP contribution in [0.5, 0.6) is 0 Å². The van der Waals surface area contributed by atoms with Crippen LogP contribution in [0.1, 0.15) is 19.4 Å². The molecule has 0 saturated carbocycles. The Labute approximate surface area is 157 Å². The molecule has 0 bridgehead atoms. The van der Waals surface area contributed by atoms with Gasteiger partial charge in [0.05, 0.1) is 5.25 Å². The van der Waals surface area contributed by atoms with Gasteiger partial charge in [0.25, 0.3) is 0 Å². The van der Waals surface area contributed by atoms with Gasteiger partial charge in [-0.15, -0.1) is 10.2 Å². The van der Waals surface area contributed by atoms with E-state index in [0.29, 0.717) is 5.16 Å². The number of nitrogens with one attached hydrogen (secondary N) is 1. The Morgan fingerprint density at radius 1 is 1.15 bits per heavy atom. The quantitative estimate of drug-likeness (QED) is 0.675. The summed E-state index contributed by atoms with van der Waals surface area (Å²) in [5, 5.41) is 11.8. The molecule has 0 aliphatic rings. The predicted octanol–water partition coefficient (Wildman–Crippen LogP) is 3.56. The van der Waals surface area contributed by atoms with Crippen molar-refractivity contribution in [3.05, 3.63) is 54.4 Å². The molecule has 6 nitrogen and oxygen atoms in total. The van der Waals surface area contributed by atoms with Crippen molar-refractivity contribution in [2.24, 2.45) is 7.05 Å². The summed E-state index contributed by atoms with van der Waals surface area (Å²) in [6.45, 7) is 3.97. The Morgan fingerprint density at radius 2 is 1.85 bits per heavy atom. The van der Waals surface area contributed by atoms with Gasteiger partial charge in [0, 0.05) is 30.7 Å². The summed E-state index contributed by atoms with van der Waals surface area (Å²) >= 11 is 1.38. The van der Waals surface area contributed by atoms with Crippen molar-refractivity contribution in [1.29, 1.82) is 0 Å². The van der Waals surface area contributed by atoms with Crippen LogP contribution in [0.2, 0.25) is 0 Å². The molecule has 1 atom stereocenters. The Morgan fingerprint density at radius 3 is 2.50 bits per heavy atom. The maximum Gasteiger partial charge on any atom is 0.237 e. The molecule has 3 rings (SSSR count). The molecule has 1 aromatic carbocycles. The highest BCUT2D eigenvalue weighted by Gasteiger charge is 2.19. The normalized spacial score (nSPS) is 12.0. The van der Waals surface area contributed by atoms with Crippen LogP contribution in [0.3, 0.4) is 0 Å². The molecule has 2 aromatic heterocycles. The highest BCUT2D eigenvalue weighted by atomic mass is 32.2. The zero-order chi connectivity index (χ0) is 18.5. The van der Waals surface area contributed by atoms with Crippen LogP contribution >= 0.6 is 11.8 Å². The summed E-state index contributed by atoms with van der Waals surface area (Å²) in [5.41, 5.74) is 2.98. The first-order valence-electron chi connectivity index (χ1n) is 8.44. The van der Waals surface area contributed by atoms with Gasteiger partial charge in [0.2, 0.25) is 5.91 Å². The molecule has 0 aliphatic carbocycles. The lowest BCUT2D eigenvalue weighted by Crippen LogP contribution is -2.22. The smallest absolute Gasteiger partial charge is 0.237 e. The van der Waals surface area contributed by atoms with E-state index in [-0.39, 0.29) is 11.2 Å². The Bertz CT molecular complexity index is 877. The first-order chi connectivity index (χ1) is 12.6. The van der Waals surface area contributed by atoms with E-state index in [2.05, 4.69) is 27.4 Å². The van der Waals surface area contributed by atoms with Gasteiger partial charge in [-0.3, -0.25) is 9.78 Å². The third-order valence-corrected chi connectivity index (χ3v) is 5.19. The lowest BCUT2D eigenvalue weighted by Gasteiger charge is -2.12. The largest absolute Gasteiger partial charge is 0.325 e. The number of anilines is 1. The minimum Gasteiger partial charge on any atom is -0.325 e. The van der Waals surface area contributed by atoms with Crippen LogP contribution < -0.4 is 5.32 Å². The van der Waals surface area contributed by atoms with Crippen LogP contribution in [0.25, 0.3) is 11.4 Å². The number of nitrogens with zero attached hydrogens (tertiary/aromatic N) is 4. The summed E-state index contributed by atoms with van der Waals surface area (Å²) in [6.07, 6.45) is 4.42. The van der Waals surface area contributed by atoms with Crippen molar-refractivity contribution < 1.29 is 4.79 Å². The fourth-order valence-corrected chi connectivity index (χ4v) is 3.26. The summed E-state index contributed by atoms with van der Waals surface area (Å²) in [5.74, 6) is 0.686. The second kappa shape index (κ2) is 8.14. The van der Waals surface area contributed by atoms with Gasteiger partial charge >= 0.3 is 0 Å². The number of aromatic nitrogens is 4. The highest BCUT2D eigenvalue weighted by Crippen LogP contribution is 2.26. The molecule has 2 heterocycles. The van der Waals surface area contributed by atoms with E-state index in [0.717, 1.165) is 23.5 Å². The Kier molecular flexibility index (Phi) is 5.68. The van der Waals surface area contributed by atoms with Crippen molar-refractivity contribution in [2.45, 2.75) is 30.7 Å². The first kappa shape index (κ1) is 18.1. The number of carbonyl (C=O) groups is 1. The standard InChI is InChI=1S/C19H21N5OS/c1-4-14-5-7-16(8-6-14)21-18(25)13(2)26-19-23-22-17(24(19)3)15-9-11-20-12-10-15/h5-13H,4H2,1-3H3,(H,21,25)/t13-/m0/s1. The van der Waals surface area contributed by atoms with Gasteiger partial charge < -0.3 is 9.88 Å². The van der Waals surface area contributed by atoms with Gasteiger partial charge in [-0.1, -0.05) is 30.8 Å². The third-order valence-electron chi connectivity index (χ3n) is 4.05. The highest BCUT2D eigenvalue weighted by molar-refractivity contribution is 8.00. The van der Waals surface area contributed by atoms with Gasteiger partial charge in [0.15, 0.2) is 11.0 Å². The van der Waals surface area contributed by atoms with E-state index in [1.807, 2.05) is 54.9 Å². The molecule has 7 heteroatoms. The average molecular weight is 367 g/mol. The summed E-state index contributed by atoms with van der Waals surface area (Å²) in [6, 6.07) is 11.7. The zero-order valence-electron chi connectivity index (χ0n) is 15.0. The van der Waals surface area contributed by atoms with E-state index < -0.39 is 0 Å². The molecule has 1 N–H and O–H groups in total. The number of aryl methyl sites for hydroxylation is 1. The molecular formula is C19H21N5OS. The SMILES string of the molecule is CCc1ccc(NC(=O)[C@H](C)Sc2nnc(-c3ccncc3)n2C)cc1. The fourth-order valence-electron chi connectivity index (χ4n) is 2.45. The molecule has 0 unspecified atom stereocenters. The summed E-state index contributed by atoms with van der Waals surface area (Å²) in [4.78, 5) is 16.5. The predicted molar refractivity (Wildman–Crippen MR) is 104 cm³/mol. The molecule has 0 fully saturated rings. The number of amides is 1. The van der Waals surface area contributed by atoms with Crippen molar-refractivity contribution in [3.8, 4) is 11.4 Å². The van der Waals surface area contributed by atoms with Crippen LogP contribution in [0.15, 0.2) is 53.9 Å². The molecule has 0 spiro atoms. The zero-order valence-corrected chi connectivity index (χ0v) is 15.8. The first-order valence-corrected chi connectivity index (χ1v) is 9.32. The van der Waals surface area contributed by atoms with E-state index in [9.17, 15) is 4.79 Å². The number of hydrogen-bond acceptors (Lipinski definition) is 5. The number of benzene rings is 1. The van der Waals surface area contributed by atoms with Gasteiger partial charge in [-0.2, -0.15) is 0 Å². The molecule has 1 amide bonds. The van der Waals surface area contributed by atoms with Crippen molar-refractivity contribution in [2.75, 3.05) is 5.32 Å². The van der Waals surface area contributed by atoms with Crippen molar-refractivity contribution in [1.82, 2.24) is 19.7 Å². The number of carbonyl (C=O) groups excluding carboxylic acids is 1. The molecule has 0 saturated heterocycles. The molecule has 0 aliphatic heterocycles. The average Bonchev–Trinajstić information content (AvgIpc) is 3.03. The van der Waals surface area contributed by atoms with E-state index in [4.69, 9.17) is 0 Å². The number of thioether (sulfide) groups is 1. The van der Waals surface area contributed by atoms with Crippen LogP contribution in [0.4, 0.5) is 5.69 Å². The summed E-state index contributed by atoms with van der Waals surface area (Å²) < 4.78 is 1.89. The van der Waals surface area contributed by atoms with Gasteiger partial charge in [-0.05, 0) is 43.2 Å². The monoisotopic (exact) mass is 367 g/mol. The van der Waals surface area contributed by atoms with Crippen molar-refractivity contribution >= 4 is 23.4 Å². The molecule has 3 aromatic rings.